The van der Waals surface area contributed by atoms with Gasteiger partial charge < -0.3 is 20.5 Å². The molecule has 0 radical (unpaired) electrons. The van der Waals surface area contributed by atoms with Gasteiger partial charge in [0.1, 0.15) is 5.60 Å². The van der Waals surface area contributed by atoms with Crippen LogP contribution in [0, 0.1) is 0 Å². The van der Waals surface area contributed by atoms with Crippen molar-refractivity contribution in [3.63, 3.8) is 0 Å². The highest BCUT2D eigenvalue weighted by molar-refractivity contribution is 5.87. The predicted octanol–water partition coefficient (Wildman–Crippen LogP) is 2.68. The SMILES string of the molecule is CC(C)(C)OC(=O)N[C@H]1CCCC[C@H]1Nc1ncc2ccc(C(=O)O)n2n1. The van der Waals surface area contributed by atoms with E-state index in [9.17, 15) is 14.7 Å². The van der Waals surface area contributed by atoms with Crippen LogP contribution in [0.1, 0.15) is 56.9 Å². The van der Waals surface area contributed by atoms with E-state index in [2.05, 4.69) is 20.7 Å². The Bertz CT molecular complexity index is 842. The molecule has 0 aromatic carbocycles. The molecule has 1 fully saturated rings. The van der Waals surface area contributed by atoms with E-state index in [1.165, 1.54) is 10.6 Å². The first kappa shape index (κ1) is 18.9. The van der Waals surface area contributed by atoms with Gasteiger partial charge in [0.25, 0.3) is 0 Å². The van der Waals surface area contributed by atoms with E-state index in [0.717, 1.165) is 25.7 Å². The van der Waals surface area contributed by atoms with Gasteiger partial charge in [0.2, 0.25) is 5.95 Å². The number of ether oxygens (including phenoxy) is 1. The third-order valence-electron chi connectivity index (χ3n) is 4.40. The van der Waals surface area contributed by atoms with E-state index >= 15 is 0 Å². The fourth-order valence-electron chi connectivity index (χ4n) is 3.23. The zero-order chi connectivity index (χ0) is 19.6. The van der Waals surface area contributed by atoms with Crippen LogP contribution in [-0.4, -0.2) is 49.5 Å². The fraction of sp³-hybridized carbons (Fsp3) is 0.556. The maximum atomic E-state index is 12.1. The van der Waals surface area contributed by atoms with Crippen LogP contribution in [0.4, 0.5) is 10.7 Å². The van der Waals surface area contributed by atoms with Gasteiger partial charge >= 0.3 is 12.1 Å². The van der Waals surface area contributed by atoms with Crippen LogP contribution in [0.5, 0.6) is 0 Å². The maximum Gasteiger partial charge on any atom is 0.407 e. The van der Waals surface area contributed by atoms with Gasteiger partial charge in [-0.3, -0.25) is 0 Å². The van der Waals surface area contributed by atoms with Gasteiger partial charge in [-0.2, -0.15) is 0 Å². The summed E-state index contributed by atoms with van der Waals surface area (Å²) in [5, 5.41) is 19.7. The quantitative estimate of drug-likeness (QED) is 0.752. The lowest BCUT2D eigenvalue weighted by Crippen LogP contribution is -2.50. The van der Waals surface area contributed by atoms with E-state index in [0.29, 0.717) is 11.5 Å². The molecule has 0 aliphatic heterocycles. The molecule has 9 nitrogen and oxygen atoms in total. The standard InChI is InChI=1S/C18H25N5O4/c1-18(2,3)27-17(26)21-13-7-5-4-6-12(13)20-16-19-10-11-8-9-14(15(24)25)23(11)22-16/h8-10,12-13H,4-7H2,1-3H3,(H,20,22)(H,21,26)(H,24,25)/t12-,13+/m1/s1. The van der Waals surface area contributed by atoms with Gasteiger partial charge in [0.15, 0.2) is 5.69 Å². The van der Waals surface area contributed by atoms with Crippen molar-refractivity contribution in [2.24, 2.45) is 0 Å². The van der Waals surface area contributed by atoms with E-state index in [-0.39, 0.29) is 17.8 Å². The smallest absolute Gasteiger partial charge is 0.407 e. The molecule has 2 aromatic rings. The second kappa shape index (κ2) is 7.42. The van der Waals surface area contributed by atoms with E-state index in [1.54, 1.807) is 12.3 Å². The summed E-state index contributed by atoms with van der Waals surface area (Å²) >= 11 is 0. The van der Waals surface area contributed by atoms with Gasteiger partial charge in [-0.05, 0) is 45.7 Å². The highest BCUT2D eigenvalue weighted by Crippen LogP contribution is 2.22. The number of alkyl carbamates (subject to hydrolysis) is 1. The van der Waals surface area contributed by atoms with Crippen molar-refractivity contribution in [3.8, 4) is 0 Å². The van der Waals surface area contributed by atoms with Gasteiger partial charge in [-0.25, -0.2) is 19.1 Å². The summed E-state index contributed by atoms with van der Waals surface area (Å²) in [5.41, 5.74) is 0.116. The number of fused-ring (bicyclic) bond motifs is 1. The summed E-state index contributed by atoms with van der Waals surface area (Å²) in [6, 6.07) is 2.97. The maximum absolute atomic E-state index is 12.1. The summed E-state index contributed by atoms with van der Waals surface area (Å²) in [5.74, 6) is -0.731. The number of carboxylic acids is 1. The van der Waals surface area contributed by atoms with Crippen molar-refractivity contribution >= 4 is 23.5 Å². The van der Waals surface area contributed by atoms with E-state index < -0.39 is 17.7 Å². The van der Waals surface area contributed by atoms with Crippen molar-refractivity contribution in [2.75, 3.05) is 5.32 Å². The summed E-state index contributed by atoms with van der Waals surface area (Å²) in [6.07, 6.45) is 4.83. The number of hydrogen-bond donors (Lipinski definition) is 3. The van der Waals surface area contributed by atoms with Crippen LogP contribution < -0.4 is 10.6 Å². The van der Waals surface area contributed by atoms with Gasteiger partial charge in [0.05, 0.1) is 17.8 Å². The van der Waals surface area contributed by atoms with Gasteiger partial charge in [-0.1, -0.05) is 12.8 Å². The fourth-order valence-corrected chi connectivity index (χ4v) is 3.23. The molecule has 1 aliphatic carbocycles. The summed E-state index contributed by atoms with van der Waals surface area (Å²) < 4.78 is 6.69. The molecule has 3 rings (SSSR count). The van der Waals surface area contributed by atoms with E-state index in [4.69, 9.17) is 4.74 Å². The third-order valence-corrected chi connectivity index (χ3v) is 4.40. The number of aromatic carboxylic acids is 1. The minimum atomic E-state index is -1.05. The van der Waals surface area contributed by atoms with Crippen LogP contribution in [0.25, 0.3) is 5.52 Å². The average Bonchev–Trinajstić information content (AvgIpc) is 2.98. The number of carbonyl (C=O) groups is 2. The minimum Gasteiger partial charge on any atom is -0.477 e. The molecule has 1 amide bonds. The topological polar surface area (TPSA) is 118 Å². The Balaban J connectivity index is 1.74. The molecule has 0 saturated heterocycles. The number of nitrogens with zero attached hydrogens (tertiary/aromatic N) is 3. The molecular formula is C18H25N5O4. The Morgan fingerprint density at radius 3 is 2.59 bits per heavy atom. The lowest BCUT2D eigenvalue weighted by atomic mass is 9.90. The Morgan fingerprint density at radius 1 is 1.22 bits per heavy atom. The zero-order valence-electron chi connectivity index (χ0n) is 15.7. The highest BCUT2D eigenvalue weighted by Gasteiger charge is 2.29. The number of carboxylic acid groups (broad SMARTS) is 1. The Hall–Kier alpha value is -2.84. The molecule has 1 aliphatic rings. The number of aromatic nitrogens is 3. The molecule has 3 N–H and O–H groups in total. The summed E-state index contributed by atoms with van der Waals surface area (Å²) in [6.45, 7) is 5.47. The van der Waals surface area contributed by atoms with Crippen molar-refractivity contribution in [1.29, 1.82) is 0 Å². The number of anilines is 1. The van der Waals surface area contributed by atoms with Crippen LogP contribution in [0.2, 0.25) is 0 Å². The molecule has 0 spiro atoms. The Morgan fingerprint density at radius 2 is 1.93 bits per heavy atom. The van der Waals surface area contributed by atoms with Crippen LogP contribution in [-0.2, 0) is 4.74 Å². The number of amides is 1. The summed E-state index contributed by atoms with van der Waals surface area (Å²) in [7, 11) is 0. The number of rotatable bonds is 4. The van der Waals surface area contributed by atoms with Crippen LogP contribution >= 0.6 is 0 Å². The van der Waals surface area contributed by atoms with Crippen molar-refractivity contribution in [3.05, 3.63) is 24.0 Å². The van der Waals surface area contributed by atoms with Gasteiger partial charge in [0, 0.05) is 6.04 Å². The molecule has 0 unspecified atom stereocenters. The van der Waals surface area contributed by atoms with Crippen molar-refractivity contribution in [1.82, 2.24) is 19.9 Å². The molecule has 27 heavy (non-hydrogen) atoms. The van der Waals surface area contributed by atoms with Crippen LogP contribution in [0.15, 0.2) is 18.3 Å². The molecule has 1 saturated carbocycles. The minimum absolute atomic E-state index is 0.0624. The first-order valence-electron chi connectivity index (χ1n) is 9.07. The molecule has 2 atom stereocenters. The van der Waals surface area contributed by atoms with Crippen LogP contribution in [0.3, 0.4) is 0 Å². The first-order chi connectivity index (χ1) is 12.7. The second-order valence-corrected chi connectivity index (χ2v) is 7.73. The van der Waals surface area contributed by atoms with Gasteiger partial charge in [-0.15, -0.1) is 5.10 Å². The summed E-state index contributed by atoms with van der Waals surface area (Å²) in [4.78, 5) is 27.7. The molecule has 2 heterocycles. The number of hydrogen-bond acceptors (Lipinski definition) is 6. The lowest BCUT2D eigenvalue weighted by Gasteiger charge is -2.33. The Labute approximate surface area is 157 Å². The molecule has 2 aromatic heterocycles. The molecular weight excluding hydrogens is 350 g/mol. The second-order valence-electron chi connectivity index (χ2n) is 7.73. The number of carbonyl (C=O) groups excluding carboxylic acids is 1. The monoisotopic (exact) mass is 375 g/mol. The average molecular weight is 375 g/mol. The zero-order valence-corrected chi connectivity index (χ0v) is 15.7. The normalized spacial score (nSPS) is 20.3. The predicted molar refractivity (Wildman–Crippen MR) is 99.0 cm³/mol. The first-order valence-corrected chi connectivity index (χ1v) is 9.07. The van der Waals surface area contributed by atoms with Crippen molar-refractivity contribution < 1.29 is 19.4 Å². The molecule has 146 valence electrons. The lowest BCUT2D eigenvalue weighted by molar-refractivity contribution is 0.0488. The highest BCUT2D eigenvalue weighted by atomic mass is 16.6. The van der Waals surface area contributed by atoms with Crippen molar-refractivity contribution in [2.45, 2.75) is 64.1 Å². The van der Waals surface area contributed by atoms with E-state index in [1.807, 2.05) is 20.8 Å². The molecule has 0 bridgehead atoms. The Kier molecular flexibility index (Phi) is 5.20. The number of nitrogens with one attached hydrogen (secondary N) is 2. The largest absolute Gasteiger partial charge is 0.477 e. The third kappa shape index (κ3) is 4.66. The molecule has 9 heteroatoms.